The van der Waals surface area contributed by atoms with Crippen molar-refractivity contribution in [1.29, 1.82) is 0 Å². The number of hydrogen-bond donors (Lipinski definition) is 2. The molecule has 2 aliphatic rings. The number of hydrogen-bond acceptors (Lipinski definition) is 3. The molecule has 1 fully saturated rings. The number of aryl methyl sites for hydroxylation is 1. The molecule has 2 aliphatic heterocycles. The van der Waals surface area contributed by atoms with Gasteiger partial charge in [0.1, 0.15) is 0 Å². The highest BCUT2D eigenvalue weighted by atomic mass is 16.2. The van der Waals surface area contributed by atoms with Gasteiger partial charge in [0.2, 0.25) is 17.7 Å². The molecule has 4 rings (SSSR count). The number of benzene rings is 2. The fraction of sp³-hybridized carbons (Fsp3) is 0.348. The van der Waals surface area contributed by atoms with E-state index in [9.17, 15) is 14.4 Å². The molecule has 2 aromatic carbocycles. The molecule has 150 valence electrons. The van der Waals surface area contributed by atoms with Crippen molar-refractivity contribution in [3.8, 4) is 0 Å². The lowest BCUT2D eigenvalue weighted by Crippen LogP contribution is -2.36. The van der Waals surface area contributed by atoms with E-state index >= 15 is 0 Å². The topological polar surface area (TPSA) is 78.5 Å². The molecule has 1 saturated heterocycles. The zero-order valence-corrected chi connectivity index (χ0v) is 16.3. The number of nitrogens with one attached hydrogen (secondary N) is 2. The average Bonchev–Trinajstić information content (AvgIpc) is 2.97. The summed E-state index contributed by atoms with van der Waals surface area (Å²) in [4.78, 5) is 38.4. The van der Waals surface area contributed by atoms with E-state index < -0.39 is 0 Å². The number of nitrogens with zero attached hydrogens (tertiary/aromatic N) is 1. The van der Waals surface area contributed by atoms with Gasteiger partial charge in [0, 0.05) is 25.2 Å². The van der Waals surface area contributed by atoms with Crippen LogP contribution in [0.2, 0.25) is 0 Å². The molecule has 0 unspecified atom stereocenters. The lowest BCUT2D eigenvalue weighted by molar-refractivity contribution is -0.133. The third kappa shape index (κ3) is 4.47. The summed E-state index contributed by atoms with van der Waals surface area (Å²) in [6.07, 6.45) is 2.68. The molecule has 0 spiro atoms. The molecule has 0 radical (unpaired) electrons. The van der Waals surface area contributed by atoms with Crippen LogP contribution in [-0.2, 0) is 27.2 Å². The highest BCUT2D eigenvalue weighted by molar-refractivity contribution is 5.99. The fourth-order valence-corrected chi connectivity index (χ4v) is 4.13. The molecule has 0 aromatic heterocycles. The maximum atomic E-state index is 13.0. The van der Waals surface area contributed by atoms with E-state index in [1.807, 2.05) is 47.4 Å². The van der Waals surface area contributed by atoms with Crippen LogP contribution in [0.1, 0.15) is 42.0 Å². The highest BCUT2D eigenvalue weighted by Gasteiger charge is 2.29. The first kappa shape index (κ1) is 19.2. The minimum absolute atomic E-state index is 0.0181. The Kier molecular flexibility index (Phi) is 5.60. The number of carbonyl (C=O) groups excluding carboxylic acids is 3. The Bertz CT molecular complexity index is 926. The molecule has 2 aromatic rings. The molecule has 2 heterocycles. The summed E-state index contributed by atoms with van der Waals surface area (Å²) in [5, 5.41) is 5.71. The molecule has 1 atom stereocenters. The van der Waals surface area contributed by atoms with E-state index in [0.717, 1.165) is 35.2 Å². The van der Waals surface area contributed by atoms with E-state index in [1.165, 1.54) is 0 Å². The Morgan fingerprint density at radius 3 is 2.72 bits per heavy atom. The van der Waals surface area contributed by atoms with Gasteiger partial charge in [-0.3, -0.25) is 14.4 Å². The molecule has 2 N–H and O–H groups in total. The van der Waals surface area contributed by atoms with Gasteiger partial charge in [-0.1, -0.05) is 42.5 Å². The SMILES string of the molecule is O=C1C[C@H](c2ccccc2)N(C(=O)CCCc2ccc3c(c2)CC(=O)N3)CCN1. The zero-order valence-electron chi connectivity index (χ0n) is 16.3. The van der Waals surface area contributed by atoms with Crippen molar-refractivity contribution in [3.63, 3.8) is 0 Å². The predicted molar refractivity (Wildman–Crippen MR) is 110 cm³/mol. The van der Waals surface area contributed by atoms with Crippen molar-refractivity contribution < 1.29 is 14.4 Å². The van der Waals surface area contributed by atoms with E-state index in [4.69, 9.17) is 0 Å². The van der Waals surface area contributed by atoms with Gasteiger partial charge < -0.3 is 15.5 Å². The highest BCUT2D eigenvalue weighted by Crippen LogP contribution is 2.27. The molecule has 0 aliphatic carbocycles. The first-order valence-corrected chi connectivity index (χ1v) is 10.1. The van der Waals surface area contributed by atoms with Crippen LogP contribution >= 0.6 is 0 Å². The normalized spacial score (nSPS) is 18.6. The largest absolute Gasteiger partial charge is 0.354 e. The maximum Gasteiger partial charge on any atom is 0.228 e. The summed E-state index contributed by atoms with van der Waals surface area (Å²) in [6.45, 7) is 1.01. The van der Waals surface area contributed by atoms with Crippen molar-refractivity contribution in [1.82, 2.24) is 10.2 Å². The van der Waals surface area contributed by atoms with E-state index in [-0.39, 0.29) is 23.8 Å². The second kappa shape index (κ2) is 8.47. The van der Waals surface area contributed by atoms with Crippen molar-refractivity contribution in [2.75, 3.05) is 18.4 Å². The van der Waals surface area contributed by atoms with Gasteiger partial charge in [-0.25, -0.2) is 0 Å². The van der Waals surface area contributed by atoms with E-state index in [1.54, 1.807) is 0 Å². The molecule has 6 nitrogen and oxygen atoms in total. The zero-order chi connectivity index (χ0) is 20.2. The van der Waals surface area contributed by atoms with Crippen molar-refractivity contribution in [3.05, 3.63) is 65.2 Å². The lowest BCUT2D eigenvalue weighted by atomic mass is 10.0. The van der Waals surface area contributed by atoms with Crippen LogP contribution in [0.15, 0.2) is 48.5 Å². The number of carbonyl (C=O) groups is 3. The van der Waals surface area contributed by atoms with Crippen molar-refractivity contribution in [2.24, 2.45) is 0 Å². The van der Waals surface area contributed by atoms with Crippen LogP contribution in [0.3, 0.4) is 0 Å². The summed E-state index contributed by atoms with van der Waals surface area (Å²) in [6, 6.07) is 15.6. The maximum absolute atomic E-state index is 13.0. The first-order chi connectivity index (χ1) is 14.1. The monoisotopic (exact) mass is 391 g/mol. The Morgan fingerprint density at radius 1 is 1.07 bits per heavy atom. The Labute approximate surface area is 170 Å². The molecule has 3 amide bonds. The third-order valence-corrected chi connectivity index (χ3v) is 5.59. The number of fused-ring (bicyclic) bond motifs is 1. The quantitative estimate of drug-likeness (QED) is 0.822. The fourth-order valence-electron chi connectivity index (χ4n) is 4.13. The summed E-state index contributed by atoms with van der Waals surface area (Å²) in [5.74, 6) is 0.0902. The van der Waals surface area contributed by atoms with Crippen LogP contribution in [0, 0.1) is 0 Å². The van der Waals surface area contributed by atoms with Crippen LogP contribution in [0.4, 0.5) is 5.69 Å². The minimum Gasteiger partial charge on any atom is -0.354 e. The van der Waals surface area contributed by atoms with Crippen LogP contribution < -0.4 is 10.6 Å². The minimum atomic E-state index is -0.219. The first-order valence-electron chi connectivity index (χ1n) is 10.1. The van der Waals surface area contributed by atoms with Crippen molar-refractivity contribution in [2.45, 2.75) is 38.1 Å². The van der Waals surface area contributed by atoms with Crippen LogP contribution in [0.25, 0.3) is 0 Å². The number of anilines is 1. The van der Waals surface area contributed by atoms with Crippen LogP contribution in [0.5, 0.6) is 0 Å². The third-order valence-electron chi connectivity index (χ3n) is 5.59. The number of rotatable bonds is 5. The molecule has 29 heavy (non-hydrogen) atoms. The number of amides is 3. The second-order valence-electron chi connectivity index (χ2n) is 7.64. The van der Waals surface area contributed by atoms with Gasteiger partial charge >= 0.3 is 0 Å². The lowest BCUT2D eigenvalue weighted by Gasteiger charge is -2.29. The Balaban J connectivity index is 1.39. The summed E-state index contributed by atoms with van der Waals surface area (Å²) < 4.78 is 0. The summed E-state index contributed by atoms with van der Waals surface area (Å²) in [7, 11) is 0. The van der Waals surface area contributed by atoms with Gasteiger partial charge in [-0.2, -0.15) is 0 Å². The second-order valence-corrected chi connectivity index (χ2v) is 7.64. The van der Waals surface area contributed by atoms with Gasteiger partial charge in [0.05, 0.1) is 18.9 Å². The van der Waals surface area contributed by atoms with E-state index in [0.29, 0.717) is 32.4 Å². The summed E-state index contributed by atoms with van der Waals surface area (Å²) >= 11 is 0. The van der Waals surface area contributed by atoms with Gasteiger partial charge in [-0.15, -0.1) is 0 Å². The van der Waals surface area contributed by atoms with Gasteiger partial charge in [0.15, 0.2) is 0 Å². The molecule has 0 saturated carbocycles. The predicted octanol–water partition coefficient (Wildman–Crippen LogP) is 2.59. The Morgan fingerprint density at radius 2 is 1.90 bits per heavy atom. The van der Waals surface area contributed by atoms with Gasteiger partial charge in [0.25, 0.3) is 0 Å². The average molecular weight is 391 g/mol. The van der Waals surface area contributed by atoms with E-state index in [2.05, 4.69) is 16.7 Å². The Hall–Kier alpha value is -3.15. The molecule has 0 bridgehead atoms. The standard InChI is InChI=1S/C23H25N3O3/c27-21-15-20(17-6-2-1-3-7-17)26(12-11-24-21)23(29)8-4-5-16-9-10-19-18(13-16)14-22(28)25-19/h1-3,6-7,9-10,13,20H,4-5,8,11-12,14-15H2,(H,24,27)(H,25,28)/t20-/m1/s1. The van der Waals surface area contributed by atoms with Gasteiger partial charge in [-0.05, 0) is 35.6 Å². The molecular weight excluding hydrogens is 366 g/mol. The van der Waals surface area contributed by atoms with Crippen LogP contribution in [-0.4, -0.2) is 35.7 Å². The molecule has 6 heteroatoms. The molecular formula is C23H25N3O3. The smallest absolute Gasteiger partial charge is 0.228 e. The van der Waals surface area contributed by atoms with Crippen molar-refractivity contribution >= 4 is 23.4 Å². The summed E-state index contributed by atoms with van der Waals surface area (Å²) in [5.41, 5.74) is 4.05.